The number of hydrogen-bond acceptors (Lipinski definition) is 3. The van der Waals surface area contributed by atoms with E-state index in [1.165, 1.54) is 4.90 Å². The highest BCUT2D eigenvalue weighted by Crippen LogP contribution is 2.41. The summed E-state index contributed by atoms with van der Waals surface area (Å²) in [6.45, 7) is 5.75. The lowest BCUT2D eigenvalue weighted by Crippen LogP contribution is -2.36. The van der Waals surface area contributed by atoms with Crippen molar-refractivity contribution in [1.82, 2.24) is 9.78 Å². The van der Waals surface area contributed by atoms with Gasteiger partial charge in [-0.25, -0.2) is 0 Å². The van der Waals surface area contributed by atoms with E-state index in [-0.39, 0.29) is 5.54 Å². The lowest BCUT2D eigenvalue weighted by atomic mass is 10.1. The molecule has 1 aliphatic carbocycles. The fourth-order valence-electron chi connectivity index (χ4n) is 2.87. The van der Waals surface area contributed by atoms with E-state index in [9.17, 15) is 14.7 Å². The van der Waals surface area contributed by atoms with Crippen LogP contribution in [0.3, 0.4) is 0 Å². The SMILES string of the molecule is CC(C)(C)n1nc(C(=O)N(CC(=O)O)c2ccccc2)cc1C1CC1. The smallest absolute Gasteiger partial charge is 0.323 e. The second kappa shape index (κ2) is 6.35. The van der Waals surface area contributed by atoms with Crippen molar-refractivity contribution in [2.75, 3.05) is 11.4 Å². The summed E-state index contributed by atoms with van der Waals surface area (Å²) < 4.78 is 1.90. The van der Waals surface area contributed by atoms with E-state index >= 15 is 0 Å². The largest absolute Gasteiger partial charge is 0.480 e. The van der Waals surface area contributed by atoms with Gasteiger partial charge in [-0.1, -0.05) is 18.2 Å². The maximum atomic E-state index is 13.0. The second-order valence-corrected chi connectivity index (χ2v) is 7.43. The molecule has 3 rings (SSSR count). The van der Waals surface area contributed by atoms with Crippen LogP contribution in [0.25, 0.3) is 0 Å². The molecule has 0 bridgehead atoms. The molecule has 6 nitrogen and oxygen atoms in total. The van der Waals surface area contributed by atoms with Crippen LogP contribution < -0.4 is 4.90 Å². The fourth-order valence-corrected chi connectivity index (χ4v) is 2.87. The first kappa shape index (κ1) is 17.2. The van der Waals surface area contributed by atoms with Gasteiger partial charge in [0.05, 0.1) is 5.54 Å². The summed E-state index contributed by atoms with van der Waals surface area (Å²) in [6.07, 6.45) is 2.21. The maximum Gasteiger partial charge on any atom is 0.323 e. The van der Waals surface area contributed by atoms with Gasteiger partial charge >= 0.3 is 5.97 Å². The Bertz CT molecular complexity index is 786. The third-order valence-electron chi connectivity index (χ3n) is 4.19. The van der Waals surface area contributed by atoms with Gasteiger partial charge in [-0.2, -0.15) is 5.10 Å². The van der Waals surface area contributed by atoms with Gasteiger partial charge in [-0.05, 0) is 51.8 Å². The highest BCUT2D eigenvalue weighted by Gasteiger charge is 2.33. The van der Waals surface area contributed by atoms with Gasteiger partial charge in [-0.15, -0.1) is 0 Å². The summed E-state index contributed by atoms with van der Waals surface area (Å²) in [5.41, 5.74) is 1.66. The van der Waals surface area contributed by atoms with Crippen LogP contribution in [0.15, 0.2) is 36.4 Å². The van der Waals surface area contributed by atoms with Gasteiger partial charge in [0.2, 0.25) is 0 Å². The maximum absolute atomic E-state index is 13.0. The number of nitrogens with zero attached hydrogens (tertiary/aromatic N) is 3. The zero-order valence-corrected chi connectivity index (χ0v) is 14.8. The molecule has 1 aromatic heterocycles. The van der Waals surface area contributed by atoms with Gasteiger partial charge in [0.15, 0.2) is 5.69 Å². The van der Waals surface area contributed by atoms with Crippen molar-refractivity contribution in [3.05, 3.63) is 47.8 Å². The number of carboxylic acid groups (broad SMARTS) is 1. The van der Waals surface area contributed by atoms with E-state index in [1.807, 2.05) is 37.6 Å². The predicted octanol–water partition coefficient (Wildman–Crippen LogP) is 3.25. The van der Waals surface area contributed by atoms with Crippen LogP contribution in [0.4, 0.5) is 5.69 Å². The molecule has 0 aliphatic heterocycles. The lowest BCUT2D eigenvalue weighted by molar-refractivity contribution is -0.135. The first-order chi connectivity index (χ1) is 11.8. The Morgan fingerprint density at radius 3 is 2.40 bits per heavy atom. The minimum absolute atomic E-state index is 0.235. The van der Waals surface area contributed by atoms with Crippen LogP contribution in [-0.4, -0.2) is 33.3 Å². The number of carbonyl (C=O) groups excluding carboxylic acids is 1. The molecule has 1 amide bonds. The second-order valence-electron chi connectivity index (χ2n) is 7.43. The van der Waals surface area contributed by atoms with Crippen LogP contribution >= 0.6 is 0 Å². The quantitative estimate of drug-likeness (QED) is 0.906. The molecule has 1 N–H and O–H groups in total. The summed E-state index contributed by atoms with van der Waals surface area (Å²) in [6, 6.07) is 10.7. The van der Waals surface area contributed by atoms with Gasteiger partial charge < -0.3 is 5.11 Å². The summed E-state index contributed by atoms with van der Waals surface area (Å²) >= 11 is 0. The zero-order valence-electron chi connectivity index (χ0n) is 14.8. The van der Waals surface area contributed by atoms with Crippen molar-refractivity contribution in [2.24, 2.45) is 0 Å². The number of benzene rings is 1. The van der Waals surface area contributed by atoms with E-state index in [0.29, 0.717) is 17.3 Å². The Hall–Kier alpha value is -2.63. The molecule has 0 saturated heterocycles. The topological polar surface area (TPSA) is 75.4 Å². The number of carboxylic acids is 1. The molecule has 0 atom stereocenters. The van der Waals surface area contributed by atoms with Crippen molar-refractivity contribution in [1.29, 1.82) is 0 Å². The van der Waals surface area contributed by atoms with Crippen LogP contribution in [0, 0.1) is 0 Å². The minimum Gasteiger partial charge on any atom is -0.480 e. The number of para-hydroxylation sites is 1. The Kier molecular flexibility index (Phi) is 4.37. The standard InChI is InChI=1S/C19H23N3O3/c1-19(2,3)22-16(13-9-10-13)11-15(20-22)18(25)21(12-17(23)24)14-7-5-4-6-8-14/h4-8,11,13H,9-10,12H2,1-3H3,(H,23,24). The van der Waals surface area contributed by atoms with Crippen LogP contribution in [-0.2, 0) is 10.3 Å². The third-order valence-corrected chi connectivity index (χ3v) is 4.19. The average molecular weight is 341 g/mol. The number of hydrogen-bond donors (Lipinski definition) is 1. The van der Waals surface area contributed by atoms with E-state index < -0.39 is 18.4 Å². The Morgan fingerprint density at radius 1 is 1.24 bits per heavy atom. The number of anilines is 1. The molecule has 1 heterocycles. The summed E-state index contributed by atoms with van der Waals surface area (Å²) in [5.74, 6) is -1.01. The normalized spacial score (nSPS) is 14.4. The first-order valence-corrected chi connectivity index (χ1v) is 8.46. The Labute approximate surface area is 147 Å². The molecule has 6 heteroatoms. The van der Waals surface area contributed by atoms with Crippen molar-refractivity contribution in [3.8, 4) is 0 Å². The summed E-state index contributed by atoms with van der Waals surface area (Å²) in [5, 5.41) is 13.7. The fraction of sp³-hybridized carbons (Fsp3) is 0.421. The van der Waals surface area contributed by atoms with Crippen LogP contribution in [0.5, 0.6) is 0 Å². The van der Waals surface area contributed by atoms with Gasteiger partial charge in [-0.3, -0.25) is 19.2 Å². The van der Waals surface area contributed by atoms with Crippen molar-refractivity contribution >= 4 is 17.6 Å². The van der Waals surface area contributed by atoms with E-state index in [2.05, 4.69) is 5.10 Å². The number of carbonyl (C=O) groups is 2. The molecule has 25 heavy (non-hydrogen) atoms. The van der Waals surface area contributed by atoms with Crippen LogP contribution in [0.2, 0.25) is 0 Å². The van der Waals surface area contributed by atoms with Gasteiger partial charge in [0, 0.05) is 17.3 Å². The molecule has 1 saturated carbocycles. The molecule has 132 valence electrons. The minimum atomic E-state index is -1.06. The lowest BCUT2D eigenvalue weighted by Gasteiger charge is -2.22. The zero-order chi connectivity index (χ0) is 18.2. The van der Waals surface area contributed by atoms with E-state index in [0.717, 1.165) is 18.5 Å². The monoisotopic (exact) mass is 341 g/mol. The van der Waals surface area contributed by atoms with Gasteiger partial charge in [0.25, 0.3) is 5.91 Å². The molecular weight excluding hydrogens is 318 g/mol. The van der Waals surface area contributed by atoms with Crippen molar-refractivity contribution in [3.63, 3.8) is 0 Å². The highest BCUT2D eigenvalue weighted by molar-refractivity contribution is 6.07. The highest BCUT2D eigenvalue weighted by atomic mass is 16.4. The van der Waals surface area contributed by atoms with E-state index in [1.54, 1.807) is 24.3 Å². The molecule has 1 aromatic carbocycles. The molecule has 0 spiro atoms. The predicted molar refractivity (Wildman–Crippen MR) is 95.0 cm³/mol. The Balaban J connectivity index is 1.98. The third kappa shape index (κ3) is 3.73. The van der Waals surface area contributed by atoms with Crippen LogP contribution in [0.1, 0.15) is 55.7 Å². The number of aromatic nitrogens is 2. The first-order valence-electron chi connectivity index (χ1n) is 8.46. The molecule has 0 unspecified atom stereocenters. The van der Waals surface area contributed by atoms with Gasteiger partial charge in [0.1, 0.15) is 6.54 Å². The molecule has 2 aromatic rings. The molecule has 0 radical (unpaired) electrons. The molecule has 1 fully saturated rings. The van der Waals surface area contributed by atoms with Crippen molar-refractivity contribution in [2.45, 2.75) is 45.1 Å². The number of aliphatic carboxylic acids is 1. The summed E-state index contributed by atoms with van der Waals surface area (Å²) in [4.78, 5) is 25.5. The molecule has 1 aliphatic rings. The van der Waals surface area contributed by atoms with E-state index in [4.69, 9.17) is 0 Å². The number of amides is 1. The molecular formula is C19H23N3O3. The van der Waals surface area contributed by atoms with Crippen molar-refractivity contribution < 1.29 is 14.7 Å². The summed E-state index contributed by atoms with van der Waals surface area (Å²) in [7, 11) is 0. The number of rotatable bonds is 5. The Morgan fingerprint density at radius 2 is 1.88 bits per heavy atom. The average Bonchev–Trinajstić information content (AvgIpc) is 3.29.